The highest BCUT2D eigenvalue weighted by atomic mass is 28.4. The molecule has 0 aromatic carbocycles. The molecular weight excluding hydrogens is 170 g/mol. The summed E-state index contributed by atoms with van der Waals surface area (Å²) in [5.41, 5.74) is 0.442. The molecule has 4 heteroatoms. The monoisotopic (exact) mass is 191 g/mol. The van der Waals surface area contributed by atoms with Crippen LogP contribution < -0.4 is 0 Å². The molecule has 0 heterocycles. The van der Waals surface area contributed by atoms with E-state index < -0.39 is 8.72 Å². The predicted octanol–water partition coefficient (Wildman–Crippen LogP) is 1.58. The van der Waals surface area contributed by atoms with Gasteiger partial charge in [-0.25, -0.2) is 0 Å². The third kappa shape index (κ3) is 2.07. The zero-order valence-electron chi connectivity index (χ0n) is 9.05. The summed E-state index contributed by atoms with van der Waals surface area (Å²) in [7, 11) is 3.44. The smallest absolute Gasteiger partial charge is 0.386 e. The van der Waals surface area contributed by atoms with Crippen LogP contribution in [0.1, 0.15) is 20.8 Å². The van der Waals surface area contributed by atoms with Gasteiger partial charge in [-0.1, -0.05) is 20.8 Å². The minimum Gasteiger partial charge on any atom is -0.386 e. The third-order valence-corrected chi connectivity index (χ3v) is 6.33. The summed E-state index contributed by atoms with van der Waals surface area (Å²) >= 11 is 0. The molecule has 0 atom stereocenters. The highest BCUT2D eigenvalue weighted by Gasteiger charge is 2.44. The second-order valence-corrected chi connectivity index (χ2v) is 7.20. The molecule has 0 aliphatic rings. The summed E-state index contributed by atoms with van der Waals surface area (Å²) in [6.07, 6.45) is 0. The van der Waals surface area contributed by atoms with Gasteiger partial charge in [0.1, 0.15) is 0 Å². The van der Waals surface area contributed by atoms with Gasteiger partial charge in [-0.15, -0.1) is 0 Å². The van der Waals surface area contributed by atoms with Crippen molar-refractivity contribution < 1.29 is 8.85 Å². The second-order valence-electron chi connectivity index (χ2n) is 3.21. The SMILES string of the molecule is CCN(C)[Si](OC)(OC)C(C)C. The largest absolute Gasteiger partial charge is 0.429 e. The van der Waals surface area contributed by atoms with Gasteiger partial charge >= 0.3 is 8.72 Å². The number of rotatable bonds is 5. The summed E-state index contributed by atoms with van der Waals surface area (Å²) < 4.78 is 13.3. The van der Waals surface area contributed by atoms with Crippen LogP contribution in [0.25, 0.3) is 0 Å². The Kier molecular flexibility index (Phi) is 5.00. The van der Waals surface area contributed by atoms with E-state index in [1.807, 2.05) is 0 Å². The lowest BCUT2D eigenvalue weighted by atomic mass is 10.6. The molecule has 0 fully saturated rings. The quantitative estimate of drug-likeness (QED) is 0.616. The summed E-state index contributed by atoms with van der Waals surface area (Å²) in [5.74, 6) is 0. The van der Waals surface area contributed by atoms with Crippen molar-refractivity contribution in [2.45, 2.75) is 26.3 Å². The minimum absolute atomic E-state index is 0.442. The first-order valence-electron chi connectivity index (χ1n) is 4.36. The Hall–Kier alpha value is 0.0969. The highest BCUT2D eigenvalue weighted by molar-refractivity contribution is 6.65. The van der Waals surface area contributed by atoms with E-state index in [-0.39, 0.29) is 0 Å². The zero-order valence-corrected chi connectivity index (χ0v) is 10.0. The fourth-order valence-electron chi connectivity index (χ4n) is 1.53. The lowest BCUT2D eigenvalue weighted by Crippen LogP contribution is -2.57. The third-order valence-electron chi connectivity index (χ3n) is 2.32. The molecule has 0 rings (SSSR count). The minimum atomic E-state index is -2.09. The molecule has 0 unspecified atom stereocenters. The van der Waals surface area contributed by atoms with Crippen LogP contribution >= 0.6 is 0 Å². The van der Waals surface area contributed by atoms with Gasteiger partial charge < -0.3 is 8.85 Å². The van der Waals surface area contributed by atoms with Gasteiger partial charge in [-0.2, -0.15) is 0 Å². The summed E-state index contributed by atoms with van der Waals surface area (Å²) in [6.45, 7) is 7.37. The molecule has 0 bridgehead atoms. The molecule has 0 amide bonds. The Morgan fingerprint density at radius 2 is 1.67 bits per heavy atom. The Morgan fingerprint density at radius 3 is 1.75 bits per heavy atom. The summed E-state index contributed by atoms with van der Waals surface area (Å²) in [4.78, 5) is 0. The Bertz CT molecular complexity index is 126. The zero-order chi connectivity index (χ0) is 9.78. The van der Waals surface area contributed by atoms with Crippen molar-refractivity contribution in [2.24, 2.45) is 0 Å². The van der Waals surface area contributed by atoms with Crippen LogP contribution in [-0.4, -0.2) is 41.1 Å². The molecule has 0 N–H and O–H groups in total. The predicted molar refractivity (Wildman–Crippen MR) is 53.2 cm³/mol. The molecular formula is C8H21NO2Si. The molecule has 0 aliphatic heterocycles. The van der Waals surface area contributed by atoms with E-state index in [0.717, 1.165) is 6.54 Å². The fraction of sp³-hybridized carbons (Fsp3) is 1.00. The van der Waals surface area contributed by atoms with E-state index in [1.54, 1.807) is 14.2 Å². The second kappa shape index (κ2) is 4.96. The van der Waals surface area contributed by atoms with Gasteiger partial charge in [0.15, 0.2) is 0 Å². The molecule has 0 aromatic rings. The van der Waals surface area contributed by atoms with Crippen LogP contribution in [-0.2, 0) is 8.85 Å². The van der Waals surface area contributed by atoms with Crippen LogP contribution in [0.3, 0.4) is 0 Å². The normalized spacial score (nSPS) is 13.0. The van der Waals surface area contributed by atoms with Crippen LogP contribution in [0.4, 0.5) is 0 Å². The van der Waals surface area contributed by atoms with Crippen molar-refractivity contribution in [1.29, 1.82) is 0 Å². The van der Waals surface area contributed by atoms with Crippen molar-refractivity contribution in [2.75, 3.05) is 27.8 Å². The first-order chi connectivity index (χ1) is 5.55. The molecule has 0 saturated heterocycles. The number of hydrogen-bond acceptors (Lipinski definition) is 3. The average molecular weight is 191 g/mol. The van der Waals surface area contributed by atoms with Crippen molar-refractivity contribution in [3.8, 4) is 0 Å². The molecule has 0 saturated carbocycles. The Balaban J connectivity index is 4.56. The molecule has 12 heavy (non-hydrogen) atoms. The Morgan fingerprint density at radius 1 is 1.25 bits per heavy atom. The average Bonchev–Trinajstić information content (AvgIpc) is 2.06. The van der Waals surface area contributed by atoms with E-state index in [9.17, 15) is 0 Å². The van der Waals surface area contributed by atoms with Gasteiger partial charge in [0, 0.05) is 19.8 Å². The van der Waals surface area contributed by atoms with Gasteiger partial charge in [0.25, 0.3) is 0 Å². The van der Waals surface area contributed by atoms with E-state index in [1.165, 1.54) is 0 Å². The van der Waals surface area contributed by atoms with Crippen LogP contribution in [0.15, 0.2) is 0 Å². The maximum atomic E-state index is 5.54. The topological polar surface area (TPSA) is 21.7 Å². The van der Waals surface area contributed by atoms with E-state index >= 15 is 0 Å². The van der Waals surface area contributed by atoms with Crippen molar-refractivity contribution >= 4 is 8.72 Å². The lowest BCUT2D eigenvalue weighted by Gasteiger charge is -2.37. The summed E-state index contributed by atoms with van der Waals surface area (Å²) in [6, 6.07) is 0. The Labute approximate surface area is 77.0 Å². The first-order valence-corrected chi connectivity index (χ1v) is 6.20. The molecule has 0 radical (unpaired) electrons. The van der Waals surface area contributed by atoms with E-state index in [4.69, 9.17) is 8.85 Å². The van der Waals surface area contributed by atoms with Crippen molar-refractivity contribution in [1.82, 2.24) is 4.57 Å². The molecule has 74 valence electrons. The van der Waals surface area contributed by atoms with Gasteiger partial charge in [-0.3, -0.25) is 4.57 Å². The molecule has 0 spiro atoms. The number of hydrogen-bond donors (Lipinski definition) is 0. The molecule has 0 aromatic heterocycles. The van der Waals surface area contributed by atoms with Crippen LogP contribution in [0.2, 0.25) is 5.54 Å². The maximum absolute atomic E-state index is 5.54. The van der Waals surface area contributed by atoms with Gasteiger partial charge in [-0.05, 0) is 13.6 Å². The molecule has 3 nitrogen and oxygen atoms in total. The number of nitrogens with zero attached hydrogens (tertiary/aromatic N) is 1. The first kappa shape index (κ1) is 12.1. The van der Waals surface area contributed by atoms with Gasteiger partial charge in [0.05, 0.1) is 0 Å². The van der Waals surface area contributed by atoms with E-state index in [0.29, 0.717) is 5.54 Å². The van der Waals surface area contributed by atoms with Crippen molar-refractivity contribution in [3.63, 3.8) is 0 Å². The standard InChI is InChI=1S/C8H21NO2Si/c1-7-9(4)12(10-5,11-6)8(2)3/h8H,7H2,1-6H3. The lowest BCUT2D eigenvalue weighted by molar-refractivity contribution is 0.169. The fourth-order valence-corrected chi connectivity index (χ4v) is 4.58. The van der Waals surface area contributed by atoms with Crippen molar-refractivity contribution in [3.05, 3.63) is 0 Å². The van der Waals surface area contributed by atoms with Crippen LogP contribution in [0, 0.1) is 0 Å². The highest BCUT2D eigenvalue weighted by Crippen LogP contribution is 2.24. The summed E-state index contributed by atoms with van der Waals surface area (Å²) in [5, 5.41) is 0. The molecule has 0 aliphatic carbocycles. The van der Waals surface area contributed by atoms with E-state index in [2.05, 4.69) is 32.4 Å². The van der Waals surface area contributed by atoms with Gasteiger partial charge in [0.2, 0.25) is 0 Å². The van der Waals surface area contributed by atoms with Crippen LogP contribution in [0.5, 0.6) is 0 Å². The maximum Gasteiger partial charge on any atom is 0.429 e.